The van der Waals surface area contributed by atoms with Gasteiger partial charge in [-0.25, -0.2) is 4.39 Å². The van der Waals surface area contributed by atoms with Gasteiger partial charge in [-0.1, -0.05) is 38.5 Å². The van der Waals surface area contributed by atoms with Crippen molar-refractivity contribution < 1.29 is 4.39 Å². The first-order chi connectivity index (χ1) is 8.54. The van der Waals surface area contributed by atoms with Crippen molar-refractivity contribution in [3.8, 4) is 0 Å². The van der Waals surface area contributed by atoms with Crippen LogP contribution in [0.4, 0.5) is 4.39 Å². The molecule has 0 saturated carbocycles. The van der Waals surface area contributed by atoms with Gasteiger partial charge in [0.1, 0.15) is 5.82 Å². The molecule has 0 heterocycles. The highest BCUT2D eigenvalue weighted by Gasteiger charge is 2.04. The Labute approximate surface area is 110 Å². The lowest BCUT2D eigenvalue weighted by atomic mass is 9.99. The number of nitrogens with one attached hydrogen (secondary N) is 1. The molecule has 18 heavy (non-hydrogen) atoms. The van der Waals surface area contributed by atoms with Gasteiger partial charge in [-0.2, -0.15) is 0 Å². The predicted octanol–water partition coefficient (Wildman–Crippen LogP) is 4.17. The van der Waals surface area contributed by atoms with Crippen LogP contribution in [-0.2, 0) is 0 Å². The van der Waals surface area contributed by atoms with E-state index in [1.54, 1.807) is 13.0 Å². The minimum Gasteiger partial charge on any atom is -0.313 e. The van der Waals surface area contributed by atoms with E-state index in [0.717, 1.165) is 25.1 Å². The number of rotatable bonds is 6. The maximum Gasteiger partial charge on any atom is 0.126 e. The summed E-state index contributed by atoms with van der Waals surface area (Å²) in [4.78, 5) is 0. The van der Waals surface area contributed by atoms with E-state index >= 15 is 0 Å². The zero-order valence-electron chi connectivity index (χ0n) is 11.9. The summed E-state index contributed by atoms with van der Waals surface area (Å²) >= 11 is 0. The molecule has 0 aromatic heterocycles. The summed E-state index contributed by atoms with van der Waals surface area (Å²) in [5.74, 6) is 0.363. The Bertz CT molecular complexity index is 408. The molecule has 1 rings (SSSR count). The molecule has 0 radical (unpaired) electrons. The molecule has 0 fully saturated rings. The van der Waals surface area contributed by atoms with Gasteiger partial charge in [-0.05, 0) is 49.1 Å². The highest BCUT2D eigenvalue weighted by molar-refractivity contribution is 5.54. The van der Waals surface area contributed by atoms with Crippen LogP contribution >= 0.6 is 0 Å². The molecule has 0 unspecified atom stereocenters. The van der Waals surface area contributed by atoms with E-state index in [0.29, 0.717) is 11.5 Å². The van der Waals surface area contributed by atoms with Crippen molar-refractivity contribution in [2.45, 2.75) is 34.1 Å². The van der Waals surface area contributed by atoms with E-state index in [1.807, 2.05) is 12.1 Å². The molecule has 0 aliphatic heterocycles. The number of aryl methyl sites for hydroxylation is 1. The molecule has 100 valence electrons. The molecule has 0 amide bonds. The summed E-state index contributed by atoms with van der Waals surface area (Å²) < 4.78 is 13.2. The van der Waals surface area contributed by atoms with Gasteiger partial charge < -0.3 is 5.32 Å². The third-order valence-electron chi connectivity index (χ3n) is 3.03. The predicted molar refractivity (Wildman–Crippen MR) is 77.1 cm³/mol. The first kappa shape index (κ1) is 14.9. The van der Waals surface area contributed by atoms with Gasteiger partial charge >= 0.3 is 0 Å². The van der Waals surface area contributed by atoms with Gasteiger partial charge in [-0.3, -0.25) is 0 Å². The molecule has 1 aromatic rings. The molecule has 0 bridgehead atoms. The number of halogens is 1. The van der Waals surface area contributed by atoms with E-state index in [1.165, 1.54) is 5.57 Å². The summed E-state index contributed by atoms with van der Waals surface area (Å²) in [5.41, 5.74) is 3.14. The molecule has 0 spiro atoms. The van der Waals surface area contributed by atoms with Gasteiger partial charge in [0.25, 0.3) is 0 Å². The van der Waals surface area contributed by atoms with E-state index in [9.17, 15) is 4.39 Å². The zero-order valence-corrected chi connectivity index (χ0v) is 11.9. The van der Waals surface area contributed by atoms with Gasteiger partial charge in [-0.15, -0.1) is 0 Å². The number of hydrogen-bond donors (Lipinski definition) is 1. The van der Waals surface area contributed by atoms with Gasteiger partial charge in [0.05, 0.1) is 0 Å². The number of benzene rings is 1. The third kappa shape index (κ3) is 4.61. The highest BCUT2D eigenvalue weighted by atomic mass is 19.1. The fourth-order valence-electron chi connectivity index (χ4n) is 1.80. The van der Waals surface area contributed by atoms with Crippen LogP contribution in [0.25, 0.3) is 6.08 Å². The maximum absolute atomic E-state index is 13.2. The smallest absolute Gasteiger partial charge is 0.126 e. The van der Waals surface area contributed by atoms with Gasteiger partial charge in [0.15, 0.2) is 0 Å². The Morgan fingerprint density at radius 2 is 2.11 bits per heavy atom. The highest BCUT2D eigenvalue weighted by Crippen LogP contribution is 2.16. The summed E-state index contributed by atoms with van der Waals surface area (Å²) in [6.07, 6.45) is 3.31. The van der Waals surface area contributed by atoms with Crippen LogP contribution < -0.4 is 5.32 Å². The van der Waals surface area contributed by atoms with Crippen LogP contribution in [0.15, 0.2) is 23.8 Å². The first-order valence-corrected chi connectivity index (χ1v) is 6.72. The molecular formula is C16H24FN. The summed E-state index contributed by atoms with van der Waals surface area (Å²) in [7, 11) is 0. The molecule has 0 aliphatic carbocycles. The molecular weight excluding hydrogens is 225 g/mol. The topological polar surface area (TPSA) is 12.0 Å². The second-order valence-corrected chi connectivity index (χ2v) is 5.06. The van der Waals surface area contributed by atoms with Crippen LogP contribution in [0.5, 0.6) is 0 Å². The molecule has 1 aromatic carbocycles. The van der Waals surface area contributed by atoms with Crippen molar-refractivity contribution in [2.75, 3.05) is 13.1 Å². The molecule has 1 nitrogen and oxygen atoms in total. The minimum absolute atomic E-state index is 0.137. The van der Waals surface area contributed by atoms with Crippen molar-refractivity contribution in [2.24, 2.45) is 5.92 Å². The summed E-state index contributed by atoms with van der Waals surface area (Å²) in [6, 6.07) is 5.28. The molecule has 1 N–H and O–H groups in total. The van der Waals surface area contributed by atoms with Crippen LogP contribution in [0.1, 0.15) is 38.3 Å². The number of hydrogen-bond acceptors (Lipinski definition) is 1. The Balaban J connectivity index is 2.83. The third-order valence-corrected chi connectivity index (χ3v) is 3.03. The van der Waals surface area contributed by atoms with Crippen molar-refractivity contribution in [3.63, 3.8) is 0 Å². The van der Waals surface area contributed by atoms with Crippen molar-refractivity contribution in [1.82, 2.24) is 5.32 Å². The van der Waals surface area contributed by atoms with Crippen LogP contribution in [0.3, 0.4) is 0 Å². The Hall–Kier alpha value is -1.15. The second kappa shape index (κ2) is 7.32. The monoisotopic (exact) mass is 249 g/mol. The Morgan fingerprint density at radius 1 is 1.39 bits per heavy atom. The maximum atomic E-state index is 13.2. The molecule has 2 heteroatoms. The fourth-order valence-corrected chi connectivity index (χ4v) is 1.80. The van der Waals surface area contributed by atoms with Crippen LogP contribution in [0.2, 0.25) is 0 Å². The van der Waals surface area contributed by atoms with Gasteiger partial charge in [0.2, 0.25) is 0 Å². The van der Waals surface area contributed by atoms with E-state index in [2.05, 4.69) is 32.2 Å². The summed E-state index contributed by atoms with van der Waals surface area (Å²) in [6.45, 7) is 10.3. The second-order valence-electron chi connectivity index (χ2n) is 5.06. The first-order valence-electron chi connectivity index (χ1n) is 6.72. The van der Waals surface area contributed by atoms with Crippen LogP contribution in [0, 0.1) is 18.7 Å². The fraction of sp³-hybridized carbons (Fsp3) is 0.500. The van der Waals surface area contributed by atoms with Crippen molar-refractivity contribution in [1.29, 1.82) is 0 Å². The Morgan fingerprint density at radius 3 is 2.67 bits per heavy atom. The van der Waals surface area contributed by atoms with E-state index in [4.69, 9.17) is 0 Å². The largest absolute Gasteiger partial charge is 0.313 e. The average molecular weight is 249 g/mol. The molecule has 0 saturated heterocycles. The lowest BCUT2D eigenvalue weighted by molar-refractivity contribution is 0.618. The van der Waals surface area contributed by atoms with Gasteiger partial charge in [0, 0.05) is 6.54 Å². The normalized spacial score (nSPS) is 12.2. The van der Waals surface area contributed by atoms with Crippen LogP contribution in [-0.4, -0.2) is 13.1 Å². The molecule has 0 atom stereocenters. The lowest BCUT2D eigenvalue weighted by Gasteiger charge is -2.13. The lowest BCUT2D eigenvalue weighted by Crippen LogP contribution is -2.19. The van der Waals surface area contributed by atoms with E-state index < -0.39 is 0 Å². The average Bonchev–Trinajstić information content (AvgIpc) is 2.32. The Kier molecular flexibility index (Phi) is 6.06. The summed E-state index contributed by atoms with van der Waals surface area (Å²) in [5, 5.41) is 3.42. The standard InChI is InChI=1S/C16H24FN/c1-5-8-18-11-15(12(2)3)10-14-6-7-16(17)13(4)9-14/h6-7,9-10,12,18H,5,8,11H2,1-4H3. The van der Waals surface area contributed by atoms with Crippen molar-refractivity contribution in [3.05, 3.63) is 40.7 Å². The quantitative estimate of drug-likeness (QED) is 0.746. The minimum atomic E-state index is -0.137. The van der Waals surface area contributed by atoms with Crippen molar-refractivity contribution >= 4 is 6.08 Å². The SMILES string of the molecule is CCCNCC(=Cc1ccc(F)c(C)c1)C(C)C. The van der Waals surface area contributed by atoms with E-state index in [-0.39, 0.29) is 5.82 Å². The molecule has 0 aliphatic rings. The zero-order chi connectivity index (χ0) is 13.5.